The fourth-order valence-electron chi connectivity index (χ4n) is 3.31. The number of likely N-dealkylation sites (tertiary alicyclic amines) is 1. The Labute approximate surface area is 103 Å². The molecule has 0 radical (unpaired) electrons. The Morgan fingerprint density at radius 1 is 0.941 bits per heavy atom. The van der Waals surface area contributed by atoms with Gasteiger partial charge in [0.1, 0.15) is 0 Å². The number of benzene rings is 1. The monoisotopic (exact) mass is 231 g/mol. The zero-order valence-electron chi connectivity index (χ0n) is 10.2. The SMILES string of the molecule is N[C@@H]1C[C@H](N)CN(C2Cc3ccccc3C2)C1. The number of rotatable bonds is 1. The van der Waals surface area contributed by atoms with Gasteiger partial charge in [-0.05, 0) is 30.4 Å². The third-order valence-electron chi connectivity index (χ3n) is 4.09. The molecule has 0 aromatic heterocycles. The lowest BCUT2D eigenvalue weighted by Gasteiger charge is -2.38. The van der Waals surface area contributed by atoms with E-state index in [0.717, 1.165) is 32.4 Å². The Morgan fingerprint density at radius 2 is 1.47 bits per heavy atom. The maximum Gasteiger partial charge on any atom is 0.0183 e. The van der Waals surface area contributed by atoms with Crippen LogP contribution in [-0.2, 0) is 12.8 Å². The van der Waals surface area contributed by atoms with E-state index >= 15 is 0 Å². The number of nitrogens with two attached hydrogens (primary N) is 2. The van der Waals surface area contributed by atoms with E-state index in [2.05, 4.69) is 29.2 Å². The molecule has 3 heteroatoms. The summed E-state index contributed by atoms with van der Waals surface area (Å²) in [4.78, 5) is 2.50. The molecule has 0 unspecified atom stereocenters. The van der Waals surface area contributed by atoms with Crippen LogP contribution in [0.5, 0.6) is 0 Å². The molecule has 3 nitrogen and oxygen atoms in total. The molecule has 2 atom stereocenters. The molecule has 17 heavy (non-hydrogen) atoms. The minimum Gasteiger partial charge on any atom is -0.326 e. The zero-order chi connectivity index (χ0) is 11.8. The molecule has 3 rings (SSSR count). The van der Waals surface area contributed by atoms with Gasteiger partial charge in [-0.25, -0.2) is 0 Å². The molecule has 0 spiro atoms. The molecule has 92 valence electrons. The topological polar surface area (TPSA) is 55.3 Å². The normalized spacial score (nSPS) is 30.5. The Kier molecular flexibility index (Phi) is 2.90. The molecule has 1 aliphatic heterocycles. The molecule has 2 aliphatic rings. The first kappa shape index (κ1) is 11.2. The maximum absolute atomic E-state index is 6.07. The van der Waals surface area contributed by atoms with Crippen molar-refractivity contribution < 1.29 is 0 Å². The van der Waals surface area contributed by atoms with Gasteiger partial charge in [0.2, 0.25) is 0 Å². The second kappa shape index (κ2) is 4.41. The van der Waals surface area contributed by atoms with Crippen molar-refractivity contribution in [2.24, 2.45) is 11.5 Å². The Balaban J connectivity index is 1.72. The van der Waals surface area contributed by atoms with Gasteiger partial charge in [-0.3, -0.25) is 4.90 Å². The van der Waals surface area contributed by atoms with Gasteiger partial charge < -0.3 is 11.5 Å². The molecule has 4 N–H and O–H groups in total. The second-order valence-corrected chi connectivity index (χ2v) is 5.54. The fourth-order valence-corrected chi connectivity index (χ4v) is 3.31. The van der Waals surface area contributed by atoms with Crippen molar-refractivity contribution in [3.05, 3.63) is 35.4 Å². The summed E-state index contributed by atoms with van der Waals surface area (Å²) in [6, 6.07) is 9.89. The Morgan fingerprint density at radius 3 is 2.00 bits per heavy atom. The number of nitrogens with zero attached hydrogens (tertiary/aromatic N) is 1. The van der Waals surface area contributed by atoms with E-state index < -0.39 is 0 Å². The van der Waals surface area contributed by atoms with Crippen LogP contribution in [0.2, 0.25) is 0 Å². The summed E-state index contributed by atoms with van der Waals surface area (Å²) in [6.07, 6.45) is 3.29. The molecule has 1 fully saturated rings. The number of hydrogen-bond acceptors (Lipinski definition) is 3. The standard InChI is InChI=1S/C14H21N3/c15-12-7-13(16)9-17(8-12)14-5-10-3-1-2-4-11(10)6-14/h1-4,12-14H,5-9,15-16H2/t12-,13+. The fraction of sp³-hybridized carbons (Fsp3) is 0.571. The highest BCUT2D eigenvalue weighted by Gasteiger charge is 2.31. The summed E-state index contributed by atoms with van der Waals surface area (Å²) in [5, 5.41) is 0. The second-order valence-electron chi connectivity index (χ2n) is 5.54. The highest BCUT2D eigenvalue weighted by molar-refractivity contribution is 5.33. The van der Waals surface area contributed by atoms with Crippen molar-refractivity contribution in [2.75, 3.05) is 13.1 Å². The quantitative estimate of drug-likeness (QED) is 0.740. The van der Waals surface area contributed by atoms with Crippen LogP contribution in [0.1, 0.15) is 17.5 Å². The van der Waals surface area contributed by atoms with Crippen molar-refractivity contribution in [3.63, 3.8) is 0 Å². The van der Waals surface area contributed by atoms with Crippen molar-refractivity contribution in [3.8, 4) is 0 Å². The average molecular weight is 231 g/mol. The minimum absolute atomic E-state index is 0.252. The van der Waals surface area contributed by atoms with E-state index in [4.69, 9.17) is 11.5 Å². The van der Waals surface area contributed by atoms with Gasteiger partial charge in [-0.15, -0.1) is 0 Å². The van der Waals surface area contributed by atoms with Crippen LogP contribution in [-0.4, -0.2) is 36.1 Å². The first-order valence-electron chi connectivity index (χ1n) is 6.54. The average Bonchev–Trinajstić information content (AvgIpc) is 2.71. The molecule has 1 saturated heterocycles. The molecule has 1 aliphatic carbocycles. The molecule has 0 amide bonds. The third-order valence-corrected chi connectivity index (χ3v) is 4.09. The van der Waals surface area contributed by atoms with E-state index in [-0.39, 0.29) is 12.1 Å². The van der Waals surface area contributed by atoms with Gasteiger partial charge >= 0.3 is 0 Å². The molecule has 1 aromatic carbocycles. The summed E-state index contributed by atoms with van der Waals surface area (Å²) in [7, 11) is 0. The van der Waals surface area contributed by atoms with E-state index in [1.165, 1.54) is 11.1 Å². The first-order chi connectivity index (χ1) is 8.22. The Hall–Kier alpha value is -0.900. The number of hydrogen-bond donors (Lipinski definition) is 2. The van der Waals surface area contributed by atoms with Gasteiger partial charge in [0.15, 0.2) is 0 Å². The van der Waals surface area contributed by atoms with E-state index in [1.807, 2.05) is 0 Å². The van der Waals surface area contributed by atoms with Crippen LogP contribution in [0.25, 0.3) is 0 Å². The molecule has 0 bridgehead atoms. The van der Waals surface area contributed by atoms with Crippen LogP contribution in [0, 0.1) is 0 Å². The van der Waals surface area contributed by atoms with Crippen molar-refractivity contribution >= 4 is 0 Å². The summed E-state index contributed by atoms with van der Waals surface area (Å²) in [5.41, 5.74) is 15.1. The van der Waals surface area contributed by atoms with E-state index in [9.17, 15) is 0 Å². The summed E-state index contributed by atoms with van der Waals surface area (Å²) in [5.74, 6) is 0. The van der Waals surface area contributed by atoms with E-state index in [1.54, 1.807) is 0 Å². The number of fused-ring (bicyclic) bond motifs is 1. The summed E-state index contributed by atoms with van der Waals surface area (Å²) >= 11 is 0. The predicted molar refractivity (Wildman–Crippen MR) is 69.8 cm³/mol. The molecular formula is C14H21N3. The highest BCUT2D eigenvalue weighted by Crippen LogP contribution is 2.26. The van der Waals surface area contributed by atoms with Crippen molar-refractivity contribution in [1.29, 1.82) is 0 Å². The van der Waals surface area contributed by atoms with Crippen LogP contribution >= 0.6 is 0 Å². The summed E-state index contributed by atoms with van der Waals surface area (Å²) < 4.78 is 0. The minimum atomic E-state index is 0.252. The lowest BCUT2D eigenvalue weighted by Crippen LogP contribution is -2.55. The lowest BCUT2D eigenvalue weighted by molar-refractivity contribution is 0.139. The lowest BCUT2D eigenvalue weighted by atomic mass is 9.99. The van der Waals surface area contributed by atoms with Crippen LogP contribution in [0.15, 0.2) is 24.3 Å². The zero-order valence-corrected chi connectivity index (χ0v) is 10.2. The Bertz CT molecular complexity index is 369. The van der Waals surface area contributed by atoms with Gasteiger partial charge in [-0.2, -0.15) is 0 Å². The third kappa shape index (κ3) is 2.23. The van der Waals surface area contributed by atoms with Crippen molar-refractivity contribution in [2.45, 2.75) is 37.4 Å². The predicted octanol–water partition coefficient (Wildman–Crippen LogP) is 0.514. The highest BCUT2D eigenvalue weighted by atomic mass is 15.2. The van der Waals surface area contributed by atoms with Gasteiger partial charge in [0, 0.05) is 31.2 Å². The molecular weight excluding hydrogens is 210 g/mol. The van der Waals surface area contributed by atoms with Crippen molar-refractivity contribution in [1.82, 2.24) is 4.90 Å². The van der Waals surface area contributed by atoms with Crippen LogP contribution in [0.4, 0.5) is 0 Å². The summed E-state index contributed by atoms with van der Waals surface area (Å²) in [6.45, 7) is 2.01. The molecule has 1 aromatic rings. The maximum atomic E-state index is 6.07. The number of piperidine rings is 1. The van der Waals surface area contributed by atoms with Gasteiger partial charge in [0.05, 0.1) is 0 Å². The van der Waals surface area contributed by atoms with Crippen LogP contribution in [0.3, 0.4) is 0 Å². The van der Waals surface area contributed by atoms with Gasteiger partial charge in [-0.1, -0.05) is 24.3 Å². The molecule has 1 heterocycles. The smallest absolute Gasteiger partial charge is 0.0183 e. The van der Waals surface area contributed by atoms with Crippen LogP contribution < -0.4 is 11.5 Å². The first-order valence-corrected chi connectivity index (χ1v) is 6.54. The largest absolute Gasteiger partial charge is 0.326 e. The van der Waals surface area contributed by atoms with Gasteiger partial charge in [0.25, 0.3) is 0 Å². The van der Waals surface area contributed by atoms with E-state index in [0.29, 0.717) is 6.04 Å². The molecule has 0 saturated carbocycles.